The Morgan fingerprint density at radius 3 is 2.57 bits per heavy atom. The van der Waals surface area contributed by atoms with E-state index in [0.29, 0.717) is 0 Å². The van der Waals surface area contributed by atoms with Gasteiger partial charge in [0.25, 0.3) is 0 Å². The van der Waals surface area contributed by atoms with E-state index in [1.807, 2.05) is 12.1 Å². The van der Waals surface area contributed by atoms with E-state index < -0.39 is 0 Å². The molecule has 21 heavy (non-hydrogen) atoms. The number of hydrogen-bond donors (Lipinski definition) is 0. The molecular formula is C18H17FN2. The number of para-hydroxylation sites is 1. The summed E-state index contributed by atoms with van der Waals surface area (Å²) in [5, 5.41) is 1.37. The summed E-state index contributed by atoms with van der Waals surface area (Å²) in [6.45, 7) is 1.86. The number of hydrogen-bond acceptors (Lipinski definition) is 1. The molecule has 0 spiro atoms. The predicted molar refractivity (Wildman–Crippen MR) is 84.1 cm³/mol. The van der Waals surface area contributed by atoms with Gasteiger partial charge in [-0.05, 0) is 42.3 Å². The molecule has 106 valence electrons. The van der Waals surface area contributed by atoms with E-state index >= 15 is 0 Å². The van der Waals surface area contributed by atoms with Crippen LogP contribution in [0.1, 0.15) is 11.3 Å². The van der Waals surface area contributed by atoms with Gasteiger partial charge in [-0.3, -0.25) is 0 Å². The van der Waals surface area contributed by atoms with Crippen molar-refractivity contribution in [2.75, 3.05) is 11.4 Å². The van der Waals surface area contributed by atoms with Crippen LogP contribution in [-0.4, -0.2) is 11.1 Å². The summed E-state index contributed by atoms with van der Waals surface area (Å²) in [7, 11) is 2.13. The van der Waals surface area contributed by atoms with Crippen molar-refractivity contribution in [2.24, 2.45) is 7.05 Å². The topological polar surface area (TPSA) is 8.17 Å². The third-order valence-corrected chi connectivity index (χ3v) is 4.51. The highest BCUT2D eigenvalue weighted by Gasteiger charge is 2.22. The minimum absolute atomic E-state index is 0.180. The van der Waals surface area contributed by atoms with Crippen molar-refractivity contribution >= 4 is 16.6 Å². The Labute approximate surface area is 123 Å². The number of rotatable bonds is 1. The minimum atomic E-state index is -0.180. The fourth-order valence-electron chi connectivity index (χ4n) is 3.38. The molecule has 2 aromatic carbocycles. The van der Waals surface area contributed by atoms with Crippen LogP contribution in [-0.2, 0) is 20.0 Å². The van der Waals surface area contributed by atoms with Crippen molar-refractivity contribution in [2.45, 2.75) is 13.0 Å². The highest BCUT2D eigenvalue weighted by atomic mass is 19.1. The number of anilines is 1. The van der Waals surface area contributed by atoms with Crippen LogP contribution in [0.15, 0.2) is 48.5 Å². The maximum atomic E-state index is 13.1. The van der Waals surface area contributed by atoms with Crippen LogP contribution < -0.4 is 4.90 Å². The maximum absolute atomic E-state index is 13.1. The number of aromatic nitrogens is 1. The molecular weight excluding hydrogens is 263 g/mol. The summed E-state index contributed by atoms with van der Waals surface area (Å²) in [5.74, 6) is -0.180. The zero-order chi connectivity index (χ0) is 14.4. The molecule has 0 bridgehead atoms. The van der Waals surface area contributed by atoms with E-state index in [1.165, 1.54) is 34.3 Å². The van der Waals surface area contributed by atoms with E-state index in [9.17, 15) is 4.39 Å². The lowest BCUT2D eigenvalue weighted by Gasteiger charge is -2.30. The Bertz CT molecular complexity index is 802. The predicted octanol–water partition coefficient (Wildman–Crippen LogP) is 3.88. The SMILES string of the molecule is Cn1c2c(c3ccccc31)CCN(c1ccc(F)cc1)C2. The normalized spacial score (nSPS) is 14.5. The number of halogens is 1. The molecule has 1 aliphatic rings. The van der Waals surface area contributed by atoms with Gasteiger partial charge in [-0.2, -0.15) is 0 Å². The molecule has 0 aliphatic carbocycles. The van der Waals surface area contributed by atoms with Crippen molar-refractivity contribution in [3.63, 3.8) is 0 Å². The summed E-state index contributed by atoms with van der Waals surface area (Å²) in [5.41, 5.74) is 5.22. The molecule has 1 aliphatic heterocycles. The summed E-state index contributed by atoms with van der Waals surface area (Å²) >= 11 is 0. The molecule has 0 amide bonds. The largest absolute Gasteiger partial charge is 0.365 e. The Morgan fingerprint density at radius 1 is 1.00 bits per heavy atom. The Hall–Kier alpha value is -2.29. The first-order valence-electron chi connectivity index (χ1n) is 7.30. The molecule has 0 radical (unpaired) electrons. The first-order valence-corrected chi connectivity index (χ1v) is 7.30. The van der Waals surface area contributed by atoms with Crippen LogP contribution >= 0.6 is 0 Å². The summed E-state index contributed by atoms with van der Waals surface area (Å²) in [6, 6.07) is 15.4. The van der Waals surface area contributed by atoms with Crippen LogP contribution in [0.25, 0.3) is 10.9 Å². The van der Waals surface area contributed by atoms with Gasteiger partial charge in [0, 0.05) is 35.9 Å². The fraction of sp³-hybridized carbons (Fsp3) is 0.222. The molecule has 4 rings (SSSR count). The Balaban J connectivity index is 1.76. The maximum Gasteiger partial charge on any atom is 0.123 e. The number of aryl methyl sites for hydroxylation is 1. The zero-order valence-corrected chi connectivity index (χ0v) is 12.0. The van der Waals surface area contributed by atoms with Gasteiger partial charge in [0.2, 0.25) is 0 Å². The van der Waals surface area contributed by atoms with Crippen molar-refractivity contribution < 1.29 is 4.39 Å². The average molecular weight is 280 g/mol. The van der Waals surface area contributed by atoms with Crippen molar-refractivity contribution in [3.05, 3.63) is 65.6 Å². The van der Waals surface area contributed by atoms with Gasteiger partial charge in [-0.1, -0.05) is 18.2 Å². The summed E-state index contributed by atoms with van der Waals surface area (Å²) < 4.78 is 15.4. The monoisotopic (exact) mass is 280 g/mol. The third kappa shape index (κ3) is 1.92. The lowest BCUT2D eigenvalue weighted by Crippen LogP contribution is -2.31. The van der Waals surface area contributed by atoms with Crippen LogP contribution in [0.5, 0.6) is 0 Å². The second-order valence-corrected chi connectivity index (χ2v) is 5.65. The lowest BCUT2D eigenvalue weighted by molar-refractivity contribution is 0.626. The first-order chi connectivity index (χ1) is 10.2. The molecule has 3 aromatic rings. The van der Waals surface area contributed by atoms with Crippen molar-refractivity contribution in [3.8, 4) is 0 Å². The van der Waals surface area contributed by atoms with Gasteiger partial charge in [0.15, 0.2) is 0 Å². The second-order valence-electron chi connectivity index (χ2n) is 5.65. The molecule has 0 atom stereocenters. The molecule has 1 aromatic heterocycles. The van der Waals surface area contributed by atoms with Crippen LogP contribution in [0.3, 0.4) is 0 Å². The third-order valence-electron chi connectivity index (χ3n) is 4.51. The number of benzene rings is 2. The molecule has 0 N–H and O–H groups in total. The molecule has 0 unspecified atom stereocenters. The van der Waals surface area contributed by atoms with Gasteiger partial charge in [-0.15, -0.1) is 0 Å². The van der Waals surface area contributed by atoms with E-state index in [2.05, 4.69) is 40.8 Å². The van der Waals surface area contributed by atoms with Gasteiger partial charge in [0.1, 0.15) is 5.82 Å². The molecule has 2 heterocycles. The van der Waals surface area contributed by atoms with Crippen molar-refractivity contribution in [1.29, 1.82) is 0 Å². The van der Waals surface area contributed by atoms with Gasteiger partial charge in [-0.25, -0.2) is 4.39 Å². The summed E-state index contributed by atoms with van der Waals surface area (Å²) in [6.07, 6.45) is 1.04. The molecule has 0 fully saturated rings. The van der Waals surface area contributed by atoms with E-state index in [-0.39, 0.29) is 5.82 Å². The highest BCUT2D eigenvalue weighted by molar-refractivity contribution is 5.86. The Morgan fingerprint density at radius 2 is 1.76 bits per heavy atom. The average Bonchev–Trinajstić information content (AvgIpc) is 2.81. The quantitative estimate of drug-likeness (QED) is 0.656. The van der Waals surface area contributed by atoms with Gasteiger partial charge >= 0.3 is 0 Å². The second kappa shape index (κ2) is 4.62. The van der Waals surface area contributed by atoms with Crippen LogP contribution in [0.2, 0.25) is 0 Å². The van der Waals surface area contributed by atoms with Gasteiger partial charge < -0.3 is 9.47 Å². The zero-order valence-electron chi connectivity index (χ0n) is 12.0. The minimum Gasteiger partial charge on any atom is -0.365 e. The van der Waals surface area contributed by atoms with Crippen LogP contribution in [0, 0.1) is 5.82 Å². The summed E-state index contributed by atoms with van der Waals surface area (Å²) in [4.78, 5) is 2.32. The molecule has 0 saturated heterocycles. The smallest absolute Gasteiger partial charge is 0.123 e. The van der Waals surface area contributed by atoms with Gasteiger partial charge in [0.05, 0.1) is 6.54 Å². The molecule has 2 nitrogen and oxygen atoms in total. The molecule has 0 saturated carbocycles. The molecule has 3 heteroatoms. The van der Waals surface area contributed by atoms with Crippen molar-refractivity contribution in [1.82, 2.24) is 4.57 Å². The number of nitrogens with zero attached hydrogens (tertiary/aromatic N) is 2. The fourth-order valence-corrected chi connectivity index (χ4v) is 3.38. The van der Waals surface area contributed by atoms with Crippen LogP contribution in [0.4, 0.5) is 10.1 Å². The standard InChI is InChI=1S/C18H17FN2/c1-20-17-5-3-2-4-15(17)16-10-11-21(12-18(16)20)14-8-6-13(19)7-9-14/h2-9H,10-12H2,1H3. The highest BCUT2D eigenvalue weighted by Crippen LogP contribution is 2.31. The Kier molecular flexibility index (Phi) is 2.74. The first kappa shape index (κ1) is 12.5. The number of fused-ring (bicyclic) bond motifs is 3. The lowest BCUT2D eigenvalue weighted by atomic mass is 10.0. The van der Waals surface area contributed by atoms with E-state index in [1.54, 1.807) is 0 Å². The van der Waals surface area contributed by atoms with E-state index in [4.69, 9.17) is 0 Å². The van der Waals surface area contributed by atoms with E-state index in [0.717, 1.165) is 25.2 Å².